The van der Waals surface area contributed by atoms with E-state index in [0.717, 1.165) is 12.8 Å². The van der Waals surface area contributed by atoms with E-state index in [2.05, 4.69) is 11.6 Å². The summed E-state index contributed by atoms with van der Waals surface area (Å²) in [6, 6.07) is 4.64. The fourth-order valence-corrected chi connectivity index (χ4v) is 3.81. The molecule has 0 radical (unpaired) electrons. The quantitative estimate of drug-likeness (QED) is 0.927. The molecule has 1 aromatic rings. The summed E-state index contributed by atoms with van der Waals surface area (Å²) in [6.45, 7) is 3.23. The van der Waals surface area contributed by atoms with E-state index < -0.39 is 10.2 Å². The van der Waals surface area contributed by atoms with Gasteiger partial charge >= 0.3 is 10.2 Å². The second-order valence-corrected chi connectivity index (χ2v) is 7.39. The summed E-state index contributed by atoms with van der Waals surface area (Å²) >= 11 is 11.7. The number of piperidine rings is 1. The summed E-state index contributed by atoms with van der Waals surface area (Å²) < 4.78 is 28.4. The maximum absolute atomic E-state index is 12.2. The topological polar surface area (TPSA) is 49.4 Å². The summed E-state index contributed by atoms with van der Waals surface area (Å²) in [7, 11) is -3.53. The van der Waals surface area contributed by atoms with Crippen molar-refractivity contribution in [3.8, 4) is 0 Å². The van der Waals surface area contributed by atoms with E-state index in [0.29, 0.717) is 34.7 Å². The first-order valence-corrected chi connectivity index (χ1v) is 8.30. The van der Waals surface area contributed by atoms with Crippen molar-refractivity contribution < 1.29 is 8.42 Å². The third kappa shape index (κ3) is 3.99. The molecule has 0 bridgehead atoms. The van der Waals surface area contributed by atoms with Gasteiger partial charge in [-0.1, -0.05) is 30.1 Å². The second kappa shape index (κ2) is 5.87. The van der Waals surface area contributed by atoms with Crippen LogP contribution in [0.4, 0.5) is 5.69 Å². The lowest BCUT2D eigenvalue weighted by molar-refractivity contribution is 0.289. The van der Waals surface area contributed by atoms with Gasteiger partial charge in [-0.25, -0.2) is 0 Å². The first-order valence-electron chi connectivity index (χ1n) is 6.11. The Morgan fingerprint density at radius 2 is 1.68 bits per heavy atom. The zero-order valence-corrected chi connectivity index (χ0v) is 12.9. The van der Waals surface area contributed by atoms with Crippen LogP contribution in [0, 0.1) is 5.92 Å². The lowest BCUT2D eigenvalue weighted by Crippen LogP contribution is -2.41. The first-order chi connectivity index (χ1) is 8.87. The molecule has 1 saturated heterocycles. The summed E-state index contributed by atoms with van der Waals surface area (Å²) in [5, 5.41) is 0.801. The maximum Gasteiger partial charge on any atom is 0.301 e. The van der Waals surface area contributed by atoms with Crippen molar-refractivity contribution in [2.75, 3.05) is 17.8 Å². The third-order valence-corrected chi connectivity index (χ3v) is 5.17. The van der Waals surface area contributed by atoms with Gasteiger partial charge in [0.2, 0.25) is 0 Å². The van der Waals surface area contributed by atoms with Gasteiger partial charge in [-0.15, -0.1) is 0 Å². The van der Waals surface area contributed by atoms with Gasteiger partial charge in [-0.05, 0) is 37.0 Å². The number of benzene rings is 1. The van der Waals surface area contributed by atoms with Crippen molar-refractivity contribution in [1.82, 2.24) is 4.31 Å². The van der Waals surface area contributed by atoms with Gasteiger partial charge in [0.25, 0.3) is 0 Å². The Balaban J connectivity index is 2.12. The second-order valence-electron chi connectivity index (χ2n) is 4.85. The van der Waals surface area contributed by atoms with E-state index >= 15 is 0 Å². The number of rotatable bonds is 3. The number of hydrogen-bond donors (Lipinski definition) is 1. The molecule has 0 spiro atoms. The fourth-order valence-electron chi connectivity index (χ4n) is 2.05. The molecule has 0 aliphatic carbocycles. The van der Waals surface area contributed by atoms with E-state index in [1.165, 1.54) is 16.4 Å². The summed E-state index contributed by atoms with van der Waals surface area (Å²) in [4.78, 5) is 0. The molecular formula is C12H16Cl2N2O2S. The van der Waals surface area contributed by atoms with Gasteiger partial charge in [0.15, 0.2) is 0 Å². The lowest BCUT2D eigenvalue weighted by atomic mass is 10.0. The largest absolute Gasteiger partial charge is 0.301 e. The highest BCUT2D eigenvalue weighted by atomic mass is 35.5. The first kappa shape index (κ1) is 14.9. The minimum Gasteiger partial charge on any atom is -0.271 e. The Kier molecular flexibility index (Phi) is 4.61. The lowest BCUT2D eigenvalue weighted by Gasteiger charge is -2.29. The van der Waals surface area contributed by atoms with Crippen LogP contribution in [0.2, 0.25) is 10.0 Å². The molecule has 1 N–H and O–H groups in total. The van der Waals surface area contributed by atoms with Crippen molar-refractivity contribution in [2.45, 2.75) is 19.8 Å². The smallest absolute Gasteiger partial charge is 0.271 e. The highest BCUT2D eigenvalue weighted by Crippen LogP contribution is 2.25. The Labute approximate surface area is 123 Å². The van der Waals surface area contributed by atoms with E-state index in [4.69, 9.17) is 23.2 Å². The average molecular weight is 323 g/mol. The number of hydrogen-bond acceptors (Lipinski definition) is 2. The van der Waals surface area contributed by atoms with Crippen molar-refractivity contribution in [3.05, 3.63) is 28.2 Å². The molecule has 1 aliphatic rings. The van der Waals surface area contributed by atoms with E-state index in [-0.39, 0.29) is 0 Å². The molecule has 19 heavy (non-hydrogen) atoms. The molecule has 0 saturated carbocycles. The molecular weight excluding hydrogens is 307 g/mol. The highest BCUT2D eigenvalue weighted by Gasteiger charge is 2.26. The monoisotopic (exact) mass is 322 g/mol. The number of anilines is 1. The van der Waals surface area contributed by atoms with Gasteiger partial charge < -0.3 is 0 Å². The van der Waals surface area contributed by atoms with Crippen molar-refractivity contribution in [3.63, 3.8) is 0 Å². The molecule has 0 amide bonds. The van der Waals surface area contributed by atoms with Gasteiger partial charge in [0.05, 0.1) is 5.69 Å². The van der Waals surface area contributed by atoms with E-state index in [1.54, 1.807) is 6.07 Å². The van der Waals surface area contributed by atoms with Crippen molar-refractivity contribution in [1.29, 1.82) is 0 Å². The van der Waals surface area contributed by atoms with Crippen molar-refractivity contribution >= 4 is 39.1 Å². The zero-order valence-electron chi connectivity index (χ0n) is 10.6. The van der Waals surface area contributed by atoms with Crippen LogP contribution in [0.5, 0.6) is 0 Å². The standard InChI is InChI=1S/C12H16Cl2N2O2S/c1-9-2-4-16(5-3-9)19(17,18)15-12-7-10(13)6-11(14)8-12/h6-9,15H,2-5H2,1H3. The molecule has 1 fully saturated rings. The molecule has 1 heterocycles. The van der Waals surface area contributed by atoms with Crippen LogP contribution < -0.4 is 4.72 Å². The number of nitrogens with one attached hydrogen (secondary N) is 1. The number of nitrogens with zero attached hydrogens (tertiary/aromatic N) is 1. The SMILES string of the molecule is CC1CCN(S(=O)(=O)Nc2cc(Cl)cc(Cl)c2)CC1. The summed E-state index contributed by atoms with van der Waals surface area (Å²) in [5.74, 6) is 0.576. The predicted molar refractivity (Wildman–Crippen MR) is 79.0 cm³/mol. The van der Waals surface area contributed by atoms with Crippen molar-refractivity contribution in [2.24, 2.45) is 5.92 Å². The van der Waals surface area contributed by atoms with Crippen LogP contribution in [0.1, 0.15) is 19.8 Å². The average Bonchev–Trinajstić information content (AvgIpc) is 2.27. The summed E-state index contributed by atoms with van der Waals surface area (Å²) in [6.07, 6.45) is 1.77. The molecule has 106 valence electrons. The van der Waals surface area contributed by atoms with E-state index in [1.807, 2.05) is 0 Å². The summed E-state index contributed by atoms with van der Waals surface area (Å²) in [5.41, 5.74) is 0.385. The third-order valence-electron chi connectivity index (χ3n) is 3.19. The van der Waals surface area contributed by atoms with Gasteiger partial charge in [0.1, 0.15) is 0 Å². The Morgan fingerprint density at radius 3 is 2.21 bits per heavy atom. The molecule has 0 aromatic heterocycles. The van der Waals surface area contributed by atoms with Crippen LogP contribution in [-0.2, 0) is 10.2 Å². The van der Waals surface area contributed by atoms with Gasteiger partial charge in [-0.2, -0.15) is 12.7 Å². The normalized spacial score (nSPS) is 18.5. The van der Waals surface area contributed by atoms with Gasteiger partial charge in [-0.3, -0.25) is 4.72 Å². The minimum atomic E-state index is -3.53. The van der Waals surface area contributed by atoms with Crippen LogP contribution in [-0.4, -0.2) is 25.8 Å². The van der Waals surface area contributed by atoms with E-state index in [9.17, 15) is 8.42 Å². The molecule has 0 unspecified atom stereocenters. The molecule has 1 aliphatic heterocycles. The minimum absolute atomic E-state index is 0.385. The Morgan fingerprint density at radius 1 is 1.16 bits per heavy atom. The van der Waals surface area contributed by atoms with Crippen LogP contribution in [0.15, 0.2) is 18.2 Å². The van der Waals surface area contributed by atoms with Gasteiger partial charge in [0, 0.05) is 23.1 Å². The predicted octanol–water partition coefficient (Wildman–Crippen LogP) is 3.38. The molecule has 0 atom stereocenters. The molecule has 7 heteroatoms. The highest BCUT2D eigenvalue weighted by molar-refractivity contribution is 7.90. The molecule has 4 nitrogen and oxygen atoms in total. The Bertz CT molecular complexity index is 535. The zero-order chi connectivity index (χ0) is 14.0. The van der Waals surface area contributed by atoms with Crippen LogP contribution in [0.3, 0.4) is 0 Å². The molecule has 1 aromatic carbocycles. The number of halogens is 2. The van der Waals surface area contributed by atoms with Crippen LogP contribution in [0.25, 0.3) is 0 Å². The molecule has 2 rings (SSSR count). The fraction of sp³-hybridized carbons (Fsp3) is 0.500. The maximum atomic E-state index is 12.2. The van der Waals surface area contributed by atoms with Crippen LogP contribution >= 0.6 is 23.2 Å². The Hall–Kier alpha value is -0.490.